The predicted molar refractivity (Wildman–Crippen MR) is 85.5 cm³/mol. The summed E-state index contributed by atoms with van der Waals surface area (Å²) in [6.07, 6.45) is 2.78. The number of para-hydroxylation sites is 2. The lowest BCUT2D eigenvalue weighted by atomic mass is 10.2. The number of nitro benzene ring substituents is 1. The Balaban J connectivity index is 0.000000921. The van der Waals surface area contributed by atoms with Crippen molar-refractivity contribution < 1.29 is 4.92 Å². The van der Waals surface area contributed by atoms with Gasteiger partial charge in [-0.2, -0.15) is 0 Å². The van der Waals surface area contributed by atoms with Gasteiger partial charge < -0.3 is 11.1 Å². The van der Waals surface area contributed by atoms with E-state index in [2.05, 4.69) is 15.3 Å². The molecule has 0 fully saturated rings. The Kier molecular flexibility index (Phi) is 8.83. The van der Waals surface area contributed by atoms with Crippen molar-refractivity contribution in [3.05, 3.63) is 46.8 Å². The van der Waals surface area contributed by atoms with Gasteiger partial charge in [-0.1, -0.05) is 39.8 Å². The Morgan fingerprint density at radius 3 is 2.24 bits per heavy atom. The highest BCUT2D eigenvalue weighted by atomic mass is 16.6. The van der Waals surface area contributed by atoms with E-state index in [4.69, 9.17) is 5.73 Å². The van der Waals surface area contributed by atoms with Crippen LogP contribution in [0.15, 0.2) is 36.7 Å². The monoisotopic (exact) mass is 291 g/mol. The van der Waals surface area contributed by atoms with Gasteiger partial charge in [-0.05, 0) is 6.07 Å². The fourth-order valence-corrected chi connectivity index (χ4v) is 1.28. The van der Waals surface area contributed by atoms with Crippen molar-refractivity contribution in [2.75, 3.05) is 11.1 Å². The Labute approximate surface area is 124 Å². The third kappa shape index (κ3) is 5.85. The molecule has 1 aromatic heterocycles. The van der Waals surface area contributed by atoms with Crippen LogP contribution in [0.5, 0.6) is 0 Å². The summed E-state index contributed by atoms with van der Waals surface area (Å²) in [5.41, 5.74) is 5.72. The highest BCUT2D eigenvalue weighted by Gasteiger charge is 2.12. The molecule has 0 aliphatic rings. The van der Waals surface area contributed by atoms with Gasteiger partial charge in [0, 0.05) is 6.07 Å². The molecule has 3 N–H and O–H groups in total. The van der Waals surface area contributed by atoms with Gasteiger partial charge >= 0.3 is 0 Å². The van der Waals surface area contributed by atoms with Crippen molar-refractivity contribution in [1.82, 2.24) is 9.97 Å². The number of benzene rings is 1. The van der Waals surface area contributed by atoms with Crippen molar-refractivity contribution >= 4 is 23.0 Å². The molecule has 21 heavy (non-hydrogen) atoms. The zero-order valence-corrected chi connectivity index (χ0v) is 12.7. The van der Waals surface area contributed by atoms with Gasteiger partial charge in [0.1, 0.15) is 17.3 Å². The van der Waals surface area contributed by atoms with Gasteiger partial charge in [0.15, 0.2) is 0 Å². The van der Waals surface area contributed by atoms with E-state index >= 15 is 0 Å². The second-order valence-electron chi connectivity index (χ2n) is 3.23. The minimum absolute atomic E-state index is 0.0221. The lowest BCUT2D eigenvalue weighted by Crippen LogP contribution is -1.99. The summed E-state index contributed by atoms with van der Waals surface area (Å²) >= 11 is 0. The van der Waals surface area contributed by atoms with E-state index in [1.807, 2.05) is 27.7 Å². The first-order valence-corrected chi connectivity index (χ1v) is 6.75. The quantitative estimate of drug-likeness (QED) is 0.658. The number of rotatable bonds is 3. The summed E-state index contributed by atoms with van der Waals surface area (Å²) in [4.78, 5) is 18.1. The van der Waals surface area contributed by atoms with Crippen LogP contribution in [-0.4, -0.2) is 14.9 Å². The van der Waals surface area contributed by atoms with Crippen LogP contribution in [-0.2, 0) is 0 Å². The zero-order valence-electron chi connectivity index (χ0n) is 12.7. The number of hydrogen-bond acceptors (Lipinski definition) is 6. The molecule has 0 amide bonds. The maximum atomic E-state index is 10.8. The Morgan fingerprint density at radius 2 is 1.71 bits per heavy atom. The number of anilines is 3. The molecule has 0 spiro atoms. The zero-order chi connectivity index (χ0) is 16.3. The molecule has 1 aromatic carbocycles. The van der Waals surface area contributed by atoms with Crippen LogP contribution in [0.2, 0.25) is 0 Å². The van der Waals surface area contributed by atoms with Crippen LogP contribution in [0.3, 0.4) is 0 Å². The van der Waals surface area contributed by atoms with Crippen molar-refractivity contribution in [1.29, 1.82) is 0 Å². The molecule has 114 valence electrons. The van der Waals surface area contributed by atoms with Crippen LogP contribution in [0, 0.1) is 10.1 Å². The van der Waals surface area contributed by atoms with E-state index in [1.54, 1.807) is 18.2 Å². The predicted octanol–water partition coefficient (Wildman–Crippen LogP) is 3.76. The molecular formula is C14H21N5O2. The van der Waals surface area contributed by atoms with Crippen molar-refractivity contribution in [3.63, 3.8) is 0 Å². The third-order valence-electron chi connectivity index (χ3n) is 2.04. The van der Waals surface area contributed by atoms with Crippen molar-refractivity contribution in [2.45, 2.75) is 27.7 Å². The second kappa shape index (κ2) is 10.1. The largest absolute Gasteiger partial charge is 0.382 e. The first kappa shape index (κ1) is 18.3. The highest BCUT2D eigenvalue weighted by Crippen LogP contribution is 2.25. The fourth-order valence-electron chi connectivity index (χ4n) is 1.28. The number of aromatic nitrogens is 2. The van der Waals surface area contributed by atoms with Crippen LogP contribution >= 0.6 is 0 Å². The maximum Gasteiger partial charge on any atom is 0.292 e. The van der Waals surface area contributed by atoms with Gasteiger partial charge in [0.25, 0.3) is 5.69 Å². The number of nitrogens with one attached hydrogen (secondary N) is 1. The smallest absolute Gasteiger partial charge is 0.292 e. The van der Waals surface area contributed by atoms with Gasteiger partial charge in [0.05, 0.1) is 17.3 Å². The molecule has 0 radical (unpaired) electrons. The van der Waals surface area contributed by atoms with Gasteiger partial charge in [-0.15, -0.1) is 0 Å². The van der Waals surface area contributed by atoms with Gasteiger partial charge in [0.2, 0.25) is 0 Å². The normalized spacial score (nSPS) is 8.57. The van der Waals surface area contributed by atoms with Gasteiger partial charge in [-0.25, -0.2) is 9.97 Å². The van der Waals surface area contributed by atoms with Crippen LogP contribution in [0.25, 0.3) is 0 Å². The first-order chi connectivity index (χ1) is 10.2. The van der Waals surface area contributed by atoms with E-state index in [0.29, 0.717) is 11.5 Å². The SMILES string of the molecule is CC.CC.Nc1cnc(Nc2ccccc2[N+](=O)[O-])cn1. The average molecular weight is 291 g/mol. The molecular weight excluding hydrogens is 270 g/mol. The van der Waals surface area contributed by atoms with Crippen LogP contribution in [0.4, 0.5) is 23.0 Å². The Morgan fingerprint density at radius 1 is 1.10 bits per heavy atom. The number of nitro groups is 1. The molecule has 2 aromatic rings. The van der Waals surface area contributed by atoms with E-state index in [1.165, 1.54) is 18.5 Å². The molecule has 0 saturated heterocycles. The lowest BCUT2D eigenvalue weighted by Gasteiger charge is -2.05. The highest BCUT2D eigenvalue weighted by molar-refractivity contribution is 5.67. The van der Waals surface area contributed by atoms with Crippen molar-refractivity contribution in [2.24, 2.45) is 0 Å². The summed E-state index contributed by atoms with van der Waals surface area (Å²) in [6, 6.07) is 6.29. The third-order valence-corrected chi connectivity index (χ3v) is 2.04. The Bertz CT molecular complexity index is 543. The Hall–Kier alpha value is -2.70. The van der Waals surface area contributed by atoms with Gasteiger partial charge in [-0.3, -0.25) is 10.1 Å². The van der Waals surface area contributed by atoms with Crippen LogP contribution in [0.1, 0.15) is 27.7 Å². The van der Waals surface area contributed by atoms with E-state index in [-0.39, 0.29) is 11.5 Å². The number of hydrogen-bond donors (Lipinski definition) is 2. The van der Waals surface area contributed by atoms with Crippen molar-refractivity contribution in [3.8, 4) is 0 Å². The molecule has 0 saturated carbocycles. The average Bonchev–Trinajstić information content (AvgIpc) is 2.54. The summed E-state index contributed by atoms with van der Waals surface area (Å²) < 4.78 is 0. The fraction of sp³-hybridized carbons (Fsp3) is 0.286. The summed E-state index contributed by atoms with van der Waals surface area (Å²) in [5, 5.41) is 13.6. The topological polar surface area (TPSA) is 107 Å². The van der Waals surface area contributed by atoms with Crippen LogP contribution < -0.4 is 11.1 Å². The molecule has 0 bridgehead atoms. The number of nitrogens with two attached hydrogens (primary N) is 1. The molecule has 0 atom stereocenters. The molecule has 0 aliphatic carbocycles. The standard InChI is InChI=1S/C10H9N5O2.2C2H6/c11-9-5-13-10(6-12-9)14-7-3-1-2-4-8(7)15(16)17;2*1-2/h1-6H,(H2,11,12)(H,13,14);2*1-2H3. The summed E-state index contributed by atoms with van der Waals surface area (Å²) in [6.45, 7) is 8.00. The molecule has 2 rings (SSSR count). The molecule has 7 nitrogen and oxygen atoms in total. The molecule has 0 unspecified atom stereocenters. The molecule has 7 heteroatoms. The minimum atomic E-state index is -0.465. The lowest BCUT2D eigenvalue weighted by molar-refractivity contribution is -0.383. The van der Waals surface area contributed by atoms with E-state index in [9.17, 15) is 10.1 Å². The first-order valence-electron chi connectivity index (χ1n) is 6.75. The summed E-state index contributed by atoms with van der Waals surface area (Å²) in [7, 11) is 0. The minimum Gasteiger partial charge on any atom is -0.382 e. The van der Waals surface area contributed by atoms with E-state index < -0.39 is 4.92 Å². The van der Waals surface area contributed by atoms with E-state index in [0.717, 1.165) is 0 Å². The number of nitrogen functional groups attached to an aromatic ring is 1. The second-order valence-corrected chi connectivity index (χ2v) is 3.23. The number of nitrogens with zero attached hydrogens (tertiary/aromatic N) is 3. The molecule has 0 aliphatic heterocycles. The summed E-state index contributed by atoms with van der Waals surface area (Å²) in [5.74, 6) is 0.687. The maximum absolute atomic E-state index is 10.8. The molecule has 1 heterocycles.